The summed E-state index contributed by atoms with van der Waals surface area (Å²) in [5.74, 6) is 0.678. The Balaban J connectivity index is 1.88. The minimum Gasteiger partial charge on any atom is -0.460 e. The van der Waals surface area contributed by atoms with E-state index in [0.29, 0.717) is 12.0 Å². The predicted octanol–water partition coefficient (Wildman–Crippen LogP) is 1.33. The molecule has 0 spiro atoms. The van der Waals surface area contributed by atoms with Crippen molar-refractivity contribution in [2.45, 2.75) is 45.3 Å². The molecule has 1 saturated carbocycles. The van der Waals surface area contributed by atoms with Gasteiger partial charge >= 0.3 is 5.97 Å². The molecule has 1 saturated heterocycles. The summed E-state index contributed by atoms with van der Waals surface area (Å²) in [5, 5.41) is 3.37. The van der Waals surface area contributed by atoms with Crippen molar-refractivity contribution in [2.24, 2.45) is 11.8 Å². The zero-order valence-electron chi connectivity index (χ0n) is 9.17. The molecule has 1 heterocycles. The van der Waals surface area contributed by atoms with Crippen molar-refractivity contribution in [1.82, 2.24) is 5.32 Å². The molecule has 0 aromatic rings. The fourth-order valence-electron chi connectivity index (χ4n) is 2.31. The van der Waals surface area contributed by atoms with Gasteiger partial charge in [0.2, 0.25) is 0 Å². The number of nitrogens with one attached hydrogen (secondary N) is 1. The Labute approximate surface area is 85.2 Å². The molecule has 3 nitrogen and oxygen atoms in total. The lowest BCUT2D eigenvalue weighted by molar-refractivity contribution is -0.157. The molecule has 2 rings (SSSR count). The molecule has 3 heteroatoms. The lowest BCUT2D eigenvalue weighted by atomic mass is 10.1. The minimum atomic E-state index is -0.344. The third-order valence-corrected chi connectivity index (χ3v) is 2.94. The third kappa shape index (κ3) is 1.92. The van der Waals surface area contributed by atoms with Gasteiger partial charge in [-0.2, -0.15) is 0 Å². The van der Waals surface area contributed by atoms with Crippen molar-refractivity contribution in [1.29, 1.82) is 0 Å². The number of rotatable bonds is 1. The zero-order valence-corrected chi connectivity index (χ0v) is 9.17. The molecule has 80 valence electrons. The van der Waals surface area contributed by atoms with Crippen LogP contribution in [0.2, 0.25) is 0 Å². The molecule has 1 N–H and O–H groups in total. The lowest BCUT2D eigenvalue weighted by Gasteiger charge is -2.19. The highest BCUT2D eigenvalue weighted by atomic mass is 16.6. The summed E-state index contributed by atoms with van der Waals surface area (Å²) >= 11 is 0. The van der Waals surface area contributed by atoms with Crippen LogP contribution < -0.4 is 5.32 Å². The average molecular weight is 197 g/mol. The van der Waals surface area contributed by atoms with Crippen LogP contribution in [0.25, 0.3) is 0 Å². The minimum absolute atomic E-state index is 0.0121. The van der Waals surface area contributed by atoms with Crippen molar-refractivity contribution in [2.75, 3.05) is 6.54 Å². The van der Waals surface area contributed by atoms with Gasteiger partial charge in [0.15, 0.2) is 0 Å². The van der Waals surface area contributed by atoms with E-state index in [-0.39, 0.29) is 17.5 Å². The first-order valence-corrected chi connectivity index (χ1v) is 5.45. The zero-order chi connectivity index (χ0) is 10.3. The van der Waals surface area contributed by atoms with Crippen molar-refractivity contribution >= 4 is 5.97 Å². The first-order chi connectivity index (χ1) is 6.49. The normalized spacial score (nSPS) is 36.1. The highest BCUT2D eigenvalue weighted by molar-refractivity contribution is 5.78. The molecule has 3 unspecified atom stereocenters. The summed E-state index contributed by atoms with van der Waals surface area (Å²) in [5.41, 5.74) is -0.344. The Bertz CT molecular complexity index is 232. The van der Waals surface area contributed by atoms with E-state index in [1.807, 2.05) is 20.8 Å². The summed E-state index contributed by atoms with van der Waals surface area (Å²) in [4.78, 5) is 11.7. The third-order valence-electron chi connectivity index (χ3n) is 2.94. The standard InChI is InChI=1S/C11H19NO2/c1-11(2,3)14-10(13)8-7-5-4-6-12-9(7)8/h7-9,12H,4-6H2,1-3H3. The number of hydrogen-bond donors (Lipinski definition) is 1. The fraction of sp³-hybridized carbons (Fsp3) is 0.909. The summed E-state index contributed by atoms with van der Waals surface area (Å²) in [6, 6.07) is 0.415. The van der Waals surface area contributed by atoms with E-state index in [4.69, 9.17) is 4.74 Å². The number of ether oxygens (including phenoxy) is 1. The Kier molecular flexibility index (Phi) is 2.30. The van der Waals surface area contributed by atoms with Crippen molar-refractivity contribution < 1.29 is 9.53 Å². The quantitative estimate of drug-likeness (QED) is 0.644. The second-order valence-corrected chi connectivity index (χ2v) is 5.35. The Morgan fingerprint density at radius 1 is 1.43 bits per heavy atom. The molecule has 3 atom stereocenters. The number of fused-ring (bicyclic) bond motifs is 1. The van der Waals surface area contributed by atoms with Crippen LogP contribution in [0.4, 0.5) is 0 Å². The van der Waals surface area contributed by atoms with Crippen LogP contribution in [-0.2, 0) is 9.53 Å². The van der Waals surface area contributed by atoms with Crippen LogP contribution in [0.1, 0.15) is 33.6 Å². The van der Waals surface area contributed by atoms with Crippen LogP contribution in [0, 0.1) is 11.8 Å². The van der Waals surface area contributed by atoms with E-state index in [9.17, 15) is 4.79 Å². The van der Waals surface area contributed by atoms with Gasteiger partial charge in [-0.15, -0.1) is 0 Å². The largest absolute Gasteiger partial charge is 0.460 e. The smallest absolute Gasteiger partial charge is 0.311 e. The molecule has 0 aromatic heterocycles. The lowest BCUT2D eigenvalue weighted by Crippen LogP contribution is -2.28. The van der Waals surface area contributed by atoms with E-state index in [1.54, 1.807) is 0 Å². The summed E-state index contributed by atoms with van der Waals surface area (Å²) < 4.78 is 5.37. The van der Waals surface area contributed by atoms with E-state index in [2.05, 4.69) is 5.32 Å². The fourth-order valence-corrected chi connectivity index (χ4v) is 2.31. The molecule has 14 heavy (non-hydrogen) atoms. The molecule has 2 fully saturated rings. The highest BCUT2D eigenvalue weighted by Gasteiger charge is 2.56. The van der Waals surface area contributed by atoms with Gasteiger partial charge in [-0.05, 0) is 46.1 Å². The molecule has 1 aliphatic carbocycles. The topological polar surface area (TPSA) is 38.3 Å². The van der Waals surface area contributed by atoms with E-state index < -0.39 is 0 Å². The van der Waals surface area contributed by atoms with Gasteiger partial charge in [0, 0.05) is 6.04 Å². The second-order valence-electron chi connectivity index (χ2n) is 5.35. The Morgan fingerprint density at radius 3 is 2.64 bits per heavy atom. The molecular formula is C11H19NO2. The number of piperidine rings is 1. The maximum absolute atomic E-state index is 11.7. The van der Waals surface area contributed by atoms with Gasteiger partial charge in [0.25, 0.3) is 0 Å². The predicted molar refractivity (Wildman–Crippen MR) is 53.8 cm³/mol. The van der Waals surface area contributed by atoms with Crippen molar-refractivity contribution in [3.05, 3.63) is 0 Å². The summed E-state index contributed by atoms with van der Waals surface area (Å²) in [7, 11) is 0. The molecule has 0 bridgehead atoms. The maximum Gasteiger partial charge on any atom is 0.311 e. The van der Waals surface area contributed by atoms with Crippen LogP contribution >= 0.6 is 0 Å². The van der Waals surface area contributed by atoms with Crippen molar-refractivity contribution in [3.63, 3.8) is 0 Å². The van der Waals surface area contributed by atoms with Crippen LogP contribution in [0.3, 0.4) is 0 Å². The molecular weight excluding hydrogens is 178 g/mol. The number of esters is 1. The first-order valence-electron chi connectivity index (χ1n) is 5.45. The maximum atomic E-state index is 11.7. The SMILES string of the molecule is CC(C)(C)OC(=O)C1C2CCCNC21. The van der Waals surface area contributed by atoms with E-state index >= 15 is 0 Å². The molecule has 0 radical (unpaired) electrons. The first kappa shape index (κ1) is 9.97. The van der Waals surface area contributed by atoms with Crippen LogP contribution in [0.15, 0.2) is 0 Å². The Hall–Kier alpha value is -0.570. The van der Waals surface area contributed by atoms with Crippen LogP contribution in [-0.4, -0.2) is 24.2 Å². The Morgan fingerprint density at radius 2 is 2.14 bits per heavy atom. The molecule has 0 amide bonds. The summed E-state index contributed by atoms with van der Waals surface area (Å²) in [6.45, 7) is 6.82. The van der Waals surface area contributed by atoms with Gasteiger partial charge < -0.3 is 10.1 Å². The van der Waals surface area contributed by atoms with Crippen LogP contribution in [0.5, 0.6) is 0 Å². The van der Waals surface area contributed by atoms with Gasteiger partial charge in [0.05, 0.1) is 5.92 Å². The molecule has 2 aliphatic rings. The van der Waals surface area contributed by atoms with Gasteiger partial charge in [-0.3, -0.25) is 4.79 Å². The van der Waals surface area contributed by atoms with E-state index in [0.717, 1.165) is 6.54 Å². The monoisotopic (exact) mass is 197 g/mol. The molecule has 0 aromatic carbocycles. The average Bonchev–Trinajstić information content (AvgIpc) is 2.73. The summed E-state index contributed by atoms with van der Waals surface area (Å²) in [6.07, 6.45) is 2.38. The van der Waals surface area contributed by atoms with Gasteiger partial charge in [0.1, 0.15) is 5.60 Å². The van der Waals surface area contributed by atoms with Crippen molar-refractivity contribution in [3.8, 4) is 0 Å². The van der Waals surface area contributed by atoms with Gasteiger partial charge in [-0.1, -0.05) is 0 Å². The number of carbonyl (C=O) groups is 1. The number of carbonyl (C=O) groups excluding carboxylic acids is 1. The molecule has 1 aliphatic heterocycles. The van der Waals surface area contributed by atoms with E-state index in [1.165, 1.54) is 12.8 Å². The highest BCUT2D eigenvalue weighted by Crippen LogP contribution is 2.45. The van der Waals surface area contributed by atoms with Gasteiger partial charge in [-0.25, -0.2) is 0 Å². The second kappa shape index (κ2) is 3.23. The number of hydrogen-bond acceptors (Lipinski definition) is 3.